The maximum atomic E-state index is 11.3. The Morgan fingerprint density at radius 2 is 1.38 bits per heavy atom. The monoisotopic (exact) mass is 356 g/mol. The lowest BCUT2D eigenvalue weighted by atomic mass is 10.1. The first-order valence-corrected chi connectivity index (χ1v) is 8.00. The quantitative estimate of drug-likeness (QED) is 0.380. The number of benzene rings is 2. The molecule has 0 bridgehead atoms. The fraction of sp³-hybridized carbons (Fsp3) is 0.222. The van der Waals surface area contributed by atoms with Gasteiger partial charge in [0, 0.05) is 12.8 Å². The average Bonchev–Trinajstić information content (AvgIpc) is 2.64. The highest BCUT2D eigenvalue weighted by atomic mass is 16.4. The molecule has 26 heavy (non-hydrogen) atoms. The number of nitrogens with one attached hydrogen (secondary N) is 2. The summed E-state index contributed by atoms with van der Waals surface area (Å²) in [6.07, 6.45) is 0.429. The highest BCUT2D eigenvalue weighted by molar-refractivity contribution is 5.74. The van der Waals surface area contributed by atoms with E-state index in [1.165, 1.54) is 0 Å². The minimum absolute atomic E-state index is 0.188. The number of carboxylic acids is 2. The van der Waals surface area contributed by atoms with Gasteiger partial charge in [0.05, 0.1) is 0 Å². The third-order valence-corrected chi connectivity index (χ3v) is 3.62. The smallest absolute Gasteiger partial charge is 0.330 e. The lowest BCUT2D eigenvalue weighted by Crippen LogP contribution is -2.44. The van der Waals surface area contributed by atoms with E-state index in [9.17, 15) is 19.8 Å². The van der Waals surface area contributed by atoms with Gasteiger partial charge in [-0.3, -0.25) is 4.79 Å². The molecule has 8 heteroatoms. The van der Waals surface area contributed by atoms with Crippen LogP contribution >= 0.6 is 0 Å². The van der Waals surface area contributed by atoms with Crippen LogP contribution in [0.25, 0.3) is 0 Å². The Bertz CT molecular complexity index is 737. The molecule has 0 fully saturated rings. The second kappa shape index (κ2) is 9.90. The summed E-state index contributed by atoms with van der Waals surface area (Å²) < 4.78 is 0. The van der Waals surface area contributed by atoms with Crippen LogP contribution in [-0.4, -0.2) is 34.2 Å². The largest absolute Gasteiger partial charge is 0.480 e. The van der Waals surface area contributed by atoms with Gasteiger partial charge < -0.3 is 10.2 Å². The summed E-state index contributed by atoms with van der Waals surface area (Å²) in [5, 5.41) is 25.8. The third-order valence-electron chi connectivity index (χ3n) is 3.62. The zero-order valence-corrected chi connectivity index (χ0v) is 13.9. The number of hydrazine groups is 1. The van der Waals surface area contributed by atoms with Crippen LogP contribution < -0.4 is 11.0 Å². The third kappa shape index (κ3) is 6.33. The van der Waals surface area contributed by atoms with Gasteiger partial charge in [-0.25, -0.2) is 15.8 Å². The van der Waals surface area contributed by atoms with Crippen molar-refractivity contribution in [2.24, 2.45) is 10.3 Å². The molecule has 2 atom stereocenters. The minimum Gasteiger partial charge on any atom is -0.480 e. The van der Waals surface area contributed by atoms with Crippen LogP contribution in [0.1, 0.15) is 11.1 Å². The van der Waals surface area contributed by atoms with Gasteiger partial charge in [-0.1, -0.05) is 65.9 Å². The second-order valence-corrected chi connectivity index (χ2v) is 5.60. The van der Waals surface area contributed by atoms with Crippen molar-refractivity contribution in [2.75, 3.05) is 0 Å². The number of nitrogens with zero attached hydrogens (tertiary/aromatic N) is 2. The Balaban J connectivity index is 1.89. The van der Waals surface area contributed by atoms with E-state index in [0.29, 0.717) is 0 Å². The van der Waals surface area contributed by atoms with Crippen LogP contribution in [0, 0.1) is 0 Å². The molecule has 0 heterocycles. The van der Waals surface area contributed by atoms with E-state index in [2.05, 4.69) is 21.3 Å². The van der Waals surface area contributed by atoms with E-state index in [-0.39, 0.29) is 12.8 Å². The number of carbonyl (C=O) groups is 2. The van der Waals surface area contributed by atoms with Gasteiger partial charge in [-0.2, -0.15) is 5.11 Å². The zero-order chi connectivity index (χ0) is 18.8. The Morgan fingerprint density at radius 3 is 1.88 bits per heavy atom. The van der Waals surface area contributed by atoms with Crippen LogP contribution in [0.4, 0.5) is 0 Å². The van der Waals surface area contributed by atoms with Crippen LogP contribution in [0.5, 0.6) is 0 Å². The average molecular weight is 356 g/mol. The highest BCUT2D eigenvalue weighted by Gasteiger charge is 2.19. The SMILES string of the molecule is O=C(O)[C@H](Cc1ccccc1)N=NNN[C@@H](Cc1ccccc1)C(=O)O. The normalized spacial score (nSPS) is 13.2. The van der Waals surface area contributed by atoms with Gasteiger partial charge in [-0.05, 0) is 11.1 Å². The summed E-state index contributed by atoms with van der Waals surface area (Å²) >= 11 is 0. The fourth-order valence-electron chi connectivity index (χ4n) is 2.27. The van der Waals surface area contributed by atoms with Gasteiger partial charge >= 0.3 is 11.9 Å². The standard InChI is InChI=1S/C18H20N4O4/c23-17(24)15(11-13-7-3-1-4-8-13)19-21-22-20-16(18(25)26)12-14-9-5-2-6-10-14/h1-10,15-16H,11-12H2,(H,19,22)(H,20,21)(H,23,24)(H,25,26)/t15-,16-/m0/s1. The minimum atomic E-state index is -1.11. The fourth-order valence-corrected chi connectivity index (χ4v) is 2.27. The second-order valence-electron chi connectivity index (χ2n) is 5.60. The molecule has 136 valence electrons. The molecule has 0 amide bonds. The summed E-state index contributed by atoms with van der Waals surface area (Å²) in [7, 11) is 0. The van der Waals surface area contributed by atoms with Crippen LogP contribution in [0.2, 0.25) is 0 Å². The van der Waals surface area contributed by atoms with Crippen molar-refractivity contribution in [2.45, 2.75) is 24.9 Å². The van der Waals surface area contributed by atoms with E-state index < -0.39 is 24.0 Å². The number of aliphatic carboxylic acids is 2. The molecular formula is C18H20N4O4. The maximum absolute atomic E-state index is 11.3. The van der Waals surface area contributed by atoms with Crippen LogP contribution in [0.3, 0.4) is 0 Å². The highest BCUT2D eigenvalue weighted by Crippen LogP contribution is 2.06. The van der Waals surface area contributed by atoms with Crippen molar-refractivity contribution < 1.29 is 19.8 Å². The van der Waals surface area contributed by atoms with E-state index in [0.717, 1.165) is 11.1 Å². The maximum Gasteiger partial charge on any atom is 0.330 e. The number of carboxylic acid groups (broad SMARTS) is 2. The Hall–Kier alpha value is -3.26. The van der Waals surface area contributed by atoms with Gasteiger partial charge in [0.1, 0.15) is 6.04 Å². The molecule has 0 unspecified atom stereocenters. The summed E-state index contributed by atoms with van der Waals surface area (Å²) in [5.41, 5.74) is 6.51. The Kier molecular flexibility index (Phi) is 7.26. The van der Waals surface area contributed by atoms with E-state index in [4.69, 9.17) is 0 Å². The summed E-state index contributed by atoms with van der Waals surface area (Å²) in [4.78, 5) is 22.6. The molecule has 0 saturated heterocycles. The molecule has 4 N–H and O–H groups in total. The summed E-state index contributed by atoms with van der Waals surface area (Å²) in [6.45, 7) is 0. The first-order chi connectivity index (χ1) is 12.6. The summed E-state index contributed by atoms with van der Waals surface area (Å²) in [6, 6.07) is 16.2. The van der Waals surface area contributed by atoms with Gasteiger partial charge in [0.15, 0.2) is 6.04 Å². The van der Waals surface area contributed by atoms with Crippen molar-refractivity contribution >= 4 is 11.9 Å². The predicted molar refractivity (Wildman–Crippen MR) is 94.3 cm³/mol. The molecule has 0 saturated carbocycles. The van der Waals surface area contributed by atoms with Crippen molar-refractivity contribution in [3.63, 3.8) is 0 Å². The number of rotatable bonds is 10. The van der Waals surface area contributed by atoms with E-state index in [1.807, 2.05) is 48.5 Å². The molecular weight excluding hydrogens is 336 g/mol. The molecule has 0 aliphatic heterocycles. The number of hydrogen-bond acceptors (Lipinski definition) is 5. The van der Waals surface area contributed by atoms with E-state index in [1.54, 1.807) is 12.1 Å². The predicted octanol–water partition coefficient (Wildman–Crippen LogP) is 1.84. The number of hydrogen-bond donors (Lipinski definition) is 4. The molecule has 8 nitrogen and oxygen atoms in total. The molecule has 2 aromatic carbocycles. The van der Waals surface area contributed by atoms with Crippen molar-refractivity contribution in [3.05, 3.63) is 71.8 Å². The van der Waals surface area contributed by atoms with Crippen molar-refractivity contribution in [1.82, 2.24) is 11.0 Å². The molecule has 0 radical (unpaired) electrons. The van der Waals surface area contributed by atoms with Crippen molar-refractivity contribution in [1.29, 1.82) is 0 Å². The Labute approximate surface area is 150 Å². The first-order valence-electron chi connectivity index (χ1n) is 8.00. The molecule has 2 aromatic rings. The summed E-state index contributed by atoms with van der Waals surface area (Å²) in [5.74, 6) is -2.17. The topological polar surface area (TPSA) is 123 Å². The van der Waals surface area contributed by atoms with Crippen molar-refractivity contribution in [3.8, 4) is 0 Å². The lowest BCUT2D eigenvalue weighted by Gasteiger charge is -2.13. The first kappa shape index (κ1) is 19.1. The molecule has 0 aromatic heterocycles. The van der Waals surface area contributed by atoms with Crippen LogP contribution in [-0.2, 0) is 22.4 Å². The van der Waals surface area contributed by atoms with Gasteiger partial charge in [0.25, 0.3) is 0 Å². The Morgan fingerprint density at radius 1 is 0.846 bits per heavy atom. The zero-order valence-electron chi connectivity index (χ0n) is 13.9. The van der Waals surface area contributed by atoms with Gasteiger partial charge in [-0.15, -0.1) is 0 Å². The molecule has 2 rings (SSSR count). The van der Waals surface area contributed by atoms with Crippen LogP contribution in [0.15, 0.2) is 71.0 Å². The van der Waals surface area contributed by atoms with E-state index >= 15 is 0 Å². The lowest BCUT2D eigenvalue weighted by molar-refractivity contribution is -0.140. The van der Waals surface area contributed by atoms with Gasteiger partial charge in [0.2, 0.25) is 0 Å². The molecule has 0 aliphatic carbocycles. The molecule has 0 spiro atoms. The molecule has 0 aliphatic rings.